The van der Waals surface area contributed by atoms with E-state index in [1.165, 1.54) is 6.07 Å². The van der Waals surface area contributed by atoms with Crippen LogP contribution in [0, 0.1) is 0 Å². The summed E-state index contributed by atoms with van der Waals surface area (Å²) in [7, 11) is 0. The van der Waals surface area contributed by atoms with Crippen molar-refractivity contribution in [3.8, 4) is 5.75 Å². The molecule has 0 fully saturated rings. The summed E-state index contributed by atoms with van der Waals surface area (Å²) in [5, 5.41) is 9.86. The highest BCUT2D eigenvalue weighted by Gasteiger charge is 2.23. The van der Waals surface area contributed by atoms with Gasteiger partial charge in [-0.05, 0) is 18.2 Å². The Kier molecular flexibility index (Phi) is 2.84. The minimum absolute atomic E-state index is 0.171. The number of carbonyl (C=O) groups excluding carboxylic acids is 1. The van der Waals surface area contributed by atoms with Gasteiger partial charge in [0, 0.05) is 4.47 Å². The number of amides is 1. The molecule has 0 unspecified atom stereocenters. The van der Waals surface area contributed by atoms with E-state index < -0.39 is 33.9 Å². The van der Waals surface area contributed by atoms with E-state index >= 15 is 0 Å². The van der Waals surface area contributed by atoms with E-state index in [0.717, 1.165) is 0 Å². The lowest BCUT2D eigenvalue weighted by atomic mass is 10.1. The standard InChI is InChI=1S/C13H6BrNO6/c14-4-1-2-6-5(3-4)10-7(12(18)20-6)9(16)8(11(15)17)13(19)21-10/h1-3,16H,(H2,15,17). The van der Waals surface area contributed by atoms with Crippen molar-refractivity contribution in [1.82, 2.24) is 0 Å². The molecule has 3 N–H and O–H groups in total. The minimum atomic E-state index is -1.20. The Hall–Kier alpha value is -2.61. The number of nitrogens with two attached hydrogens (primary N) is 1. The van der Waals surface area contributed by atoms with Gasteiger partial charge in [0.05, 0.1) is 5.39 Å². The largest absolute Gasteiger partial charge is 0.506 e. The lowest BCUT2D eigenvalue weighted by Crippen LogP contribution is -2.22. The fourth-order valence-electron chi connectivity index (χ4n) is 2.04. The zero-order valence-corrected chi connectivity index (χ0v) is 11.8. The van der Waals surface area contributed by atoms with Gasteiger partial charge in [0.15, 0.2) is 16.9 Å². The molecule has 2 aromatic heterocycles. The van der Waals surface area contributed by atoms with Crippen molar-refractivity contribution in [1.29, 1.82) is 0 Å². The second kappa shape index (κ2) is 4.45. The number of hydrogen-bond acceptors (Lipinski definition) is 6. The molecule has 0 bridgehead atoms. The summed E-state index contributed by atoms with van der Waals surface area (Å²) in [4.78, 5) is 34.9. The molecule has 8 heteroatoms. The van der Waals surface area contributed by atoms with Gasteiger partial charge < -0.3 is 19.7 Å². The zero-order valence-electron chi connectivity index (χ0n) is 10.2. The van der Waals surface area contributed by atoms with Crippen LogP contribution in [0.25, 0.3) is 21.9 Å². The molecular weight excluding hydrogens is 346 g/mol. The Balaban J connectivity index is 2.67. The topological polar surface area (TPSA) is 124 Å². The molecule has 2 heterocycles. The van der Waals surface area contributed by atoms with E-state index in [-0.39, 0.29) is 11.2 Å². The number of hydrogen-bond donors (Lipinski definition) is 2. The second-order valence-corrected chi connectivity index (χ2v) is 5.13. The van der Waals surface area contributed by atoms with E-state index in [0.29, 0.717) is 9.86 Å². The van der Waals surface area contributed by atoms with Crippen molar-refractivity contribution in [2.24, 2.45) is 5.73 Å². The number of rotatable bonds is 1. The summed E-state index contributed by atoms with van der Waals surface area (Å²) < 4.78 is 10.7. The van der Waals surface area contributed by atoms with Crippen LogP contribution < -0.4 is 17.0 Å². The third-order valence-corrected chi connectivity index (χ3v) is 3.43. The highest BCUT2D eigenvalue weighted by Crippen LogP contribution is 2.30. The monoisotopic (exact) mass is 351 g/mol. The summed E-state index contributed by atoms with van der Waals surface area (Å²) in [5.41, 5.74) is 2.14. The molecule has 21 heavy (non-hydrogen) atoms. The van der Waals surface area contributed by atoms with Gasteiger partial charge in [-0.1, -0.05) is 15.9 Å². The molecule has 3 aromatic rings. The summed E-state index contributed by atoms with van der Waals surface area (Å²) in [6.45, 7) is 0. The molecule has 106 valence electrons. The van der Waals surface area contributed by atoms with Crippen molar-refractivity contribution < 1.29 is 18.7 Å². The van der Waals surface area contributed by atoms with Crippen LogP contribution in [0.5, 0.6) is 5.75 Å². The van der Waals surface area contributed by atoms with Gasteiger partial charge in [-0.3, -0.25) is 4.79 Å². The molecule has 3 rings (SSSR count). The molecule has 1 aromatic carbocycles. The van der Waals surface area contributed by atoms with Crippen LogP contribution in [0.1, 0.15) is 10.4 Å². The fourth-order valence-corrected chi connectivity index (χ4v) is 2.40. The first-order valence-corrected chi connectivity index (χ1v) is 6.41. The Morgan fingerprint density at radius 2 is 1.90 bits per heavy atom. The molecule has 0 saturated carbocycles. The number of carbonyl (C=O) groups is 1. The van der Waals surface area contributed by atoms with Gasteiger partial charge in [-0.2, -0.15) is 0 Å². The smallest absolute Gasteiger partial charge is 0.353 e. The first kappa shape index (κ1) is 13.4. The first-order valence-electron chi connectivity index (χ1n) is 5.62. The predicted octanol–water partition coefficient (Wildman–Crippen LogP) is 1.47. The Morgan fingerprint density at radius 3 is 2.57 bits per heavy atom. The average Bonchev–Trinajstić information content (AvgIpc) is 2.38. The van der Waals surface area contributed by atoms with Gasteiger partial charge in [0.1, 0.15) is 11.0 Å². The molecule has 0 aliphatic heterocycles. The van der Waals surface area contributed by atoms with Crippen LogP contribution in [-0.2, 0) is 0 Å². The van der Waals surface area contributed by atoms with Crippen molar-refractivity contribution >= 4 is 43.8 Å². The minimum Gasteiger partial charge on any atom is -0.506 e. The van der Waals surface area contributed by atoms with Crippen molar-refractivity contribution in [2.75, 3.05) is 0 Å². The van der Waals surface area contributed by atoms with Crippen molar-refractivity contribution in [3.05, 3.63) is 49.1 Å². The molecule has 7 nitrogen and oxygen atoms in total. The predicted molar refractivity (Wildman–Crippen MR) is 76.4 cm³/mol. The first-order chi connectivity index (χ1) is 9.90. The summed E-state index contributed by atoms with van der Waals surface area (Å²) in [6, 6.07) is 4.68. The molecule has 0 aliphatic rings. The highest BCUT2D eigenvalue weighted by atomic mass is 79.9. The number of primary amides is 1. The van der Waals surface area contributed by atoms with Crippen molar-refractivity contribution in [3.63, 3.8) is 0 Å². The van der Waals surface area contributed by atoms with Gasteiger partial charge >= 0.3 is 11.3 Å². The summed E-state index contributed by atoms with van der Waals surface area (Å²) in [6.07, 6.45) is 0. The molecule has 0 saturated heterocycles. The van der Waals surface area contributed by atoms with Gasteiger partial charge in [0.2, 0.25) is 0 Å². The maximum Gasteiger partial charge on any atom is 0.353 e. The number of benzene rings is 1. The quantitative estimate of drug-likeness (QED) is 0.505. The lowest BCUT2D eigenvalue weighted by Gasteiger charge is -2.05. The average molecular weight is 352 g/mol. The molecular formula is C13H6BrNO6. The summed E-state index contributed by atoms with van der Waals surface area (Å²) in [5.74, 6) is -2.04. The van der Waals surface area contributed by atoms with E-state index in [1.54, 1.807) is 12.1 Å². The molecule has 0 atom stereocenters. The van der Waals surface area contributed by atoms with Crippen molar-refractivity contribution in [2.45, 2.75) is 0 Å². The maximum atomic E-state index is 11.9. The zero-order chi connectivity index (χ0) is 15.3. The lowest BCUT2D eigenvalue weighted by molar-refractivity contribution is 0.0994. The number of fused-ring (bicyclic) bond motifs is 3. The molecule has 1 amide bonds. The van der Waals surface area contributed by atoms with E-state index in [1.807, 2.05) is 0 Å². The van der Waals surface area contributed by atoms with Crippen LogP contribution in [0.4, 0.5) is 0 Å². The van der Waals surface area contributed by atoms with Crippen LogP contribution in [0.2, 0.25) is 0 Å². The maximum absolute atomic E-state index is 11.9. The Labute approximate surface area is 123 Å². The molecule has 0 aliphatic carbocycles. The molecule has 0 radical (unpaired) electrons. The van der Waals surface area contributed by atoms with Crippen LogP contribution in [0.3, 0.4) is 0 Å². The summed E-state index contributed by atoms with van der Waals surface area (Å²) >= 11 is 3.24. The Morgan fingerprint density at radius 1 is 1.19 bits per heavy atom. The molecule has 0 spiro atoms. The third-order valence-electron chi connectivity index (χ3n) is 2.94. The normalized spacial score (nSPS) is 11.1. The number of aromatic hydroxyl groups is 1. The second-order valence-electron chi connectivity index (χ2n) is 4.21. The van der Waals surface area contributed by atoms with Gasteiger partial charge in [0.25, 0.3) is 5.91 Å². The highest BCUT2D eigenvalue weighted by molar-refractivity contribution is 9.10. The van der Waals surface area contributed by atoms with E-state index in [2.05, 4.69) is 15.9 Å². The van der Waals surface area contributed by atoms with Gasteiger partial charge in [-0.25, -0.2) is 9.59 Å². The Bertz CT molecular complexity index is 1030. The van der Waals surface area contributed by atoms with Crippen LogP contribution in [-0.4, -0.2) is 11.0 Å². The SMILES string of the molecule is NC(=O)c1c(O)c2c(=O)oc3ccc(Br)cc3c2oc1=O. The van der Waals surface area contributed by atoms with Crippen LogP contribution in [0.15, 0.2) is 41.1 Å². The number of halogens is 1. The van der Waals surface area contributed by atoms with Gasteiger partial charge in [-0.15, -0.1) is 0 Å². The van der Waals surface area contributed by atoms with Crippen LogP contribution >= 0.6 is 15.9 Å². The third kappa shape index (κ3) is 1.91. The van der Waals surface area contributed by atoms with E-state index in [9.17, 15) is 19.5 Å². The van der Waals surface area contributed by atoms with E-state index in [4.69, 9.17) is 14.6 Å². The fraction of sp³-hybridized carbons (Fsp3) is 0.